The minimum absolute atomic E-state index is 0.140. The number of fused-ring (bicyclic) bond motifs is 1. The first-order valence-electron chi connectivity index (χ1n) is 6.63. The molecule has 1 unspecified atom stereocenters. The van der Waals surface area contributed by atoms with Crippen molar-refractivity contribution in [2.45, 2.75) is 6.04 Å². The van der Waals surface area contributed by atoms with Crippen LogP contribution in [0.15, 0.2) is 18.2 Å². The summed E-state index contributed by atoms with van der Waals surface area (Å²) in [6, 6.07) is 5.74. The van der Waals surface area contributed by atoms with E-state index in [0.717, 1.165) is 43.2 Å². The zero-order valence-corrected chi connectivity index (χ0v) is 11.3. The SMILES string of the molecule is COc1cccc2c1N(C)C(=O)C2N1CCNCC1. The van der Waals surface area contributed by atoms with E-state index in [1.807, 2.05) is 25.2 Å². The maximum absolute atomic E-state index is 12.5. The van der Waals surface area contributed by atoms with Gasteiger partial charge in [-0.05, 0) is 6.07 Å². The van der Waals surface area contributed by atoms with Gasteiger partial charge in [-0.1, -0.05) is 12.1 Å². The van der Waals surface area contributed by atoms with E-state index in [2.05, 4.69) is 10.2 Å². The summed E-state index contributed by atoms with van der Waals surface area (Å²) in [6.45, 7) is 3.68. The highest BCUT2D eigenvalue weighted by molar-refractivity contribution is 6.05. The van der Waals surface area contributed by atoms with Crippen LogP contribution in [0.25, 0.3) is 0 Å². The van der Waals surface area contributed by atoms with Crippen molar-refractivity contribution in [2.24, 2.45) is 0 Å². The van der Waals surface area contributed by atoms with Crippen molar-refractivity contribution >= 4 is 11.6 Å². The lowest BCUT2D eigenvalue weighted by Crippen LogP contribution is -2.47. The monoisotopic (exact) mass is 261 g/mol. The molecule has 1 aromatic rings. The van der Waals surface area contributed by atoms with E-state index >= 15 is 0 Å². The van der Waals surface area contributed by atoms with Gasteiger partial charge < -0.3 is 15.0 Å². The standard InChI is InChI=1S/C14H19N3O2/c1-16-12-10(4-3-5-11(12)19-2)13(14(16)18)17-8-6-15-7-9-17/h3-5,13,15H,6-9H2,1-2H3. The van der Waals surface area contributed by atoms with E-state index < -0.39 is 0 Å². The van der Waals surface area contributed by atoms with Crippen LogP contribution in [-0.4, -0.2) is 51.1 Å². The third kappa shape index (κ3) is 1.89. The molecule has 1 amide bonds. The fraction of sp³-hybridized carbons (Fsp3) is 0.500. The Labute approximate surface area is 113 Å². The molecule has 0 radical (unpaired) electrons. The molecule has 2 aliphatic heterocycles. The van der Waals surface area contributed by atoms with Crippen LogP contribution < -0.4 is 15.0 Å². The number of rotatable bonds is 2. The molecule has 5 nitrogen and oxygen atoms in total. The summed E-state index contributed by atoms with van der Waals surface area (Å²) in [5.74, 6) is 0.910. The van der Waals surface area contributed by atoms with Gasteiger partial charge in [-0.25, -0.2) is 0 Å². The largest absolute Gasteiger partial charge is 0.495 e. The van der Waals surface area contributed by atoms with Crippen LogP contribution in [0.5, 0.6) is 5.75 Å². The highest BCUT2D eigenvalue weighted by atomic mass is 16.5. The predicted octanol–water partition coefficient (Wildman–Crippen LogP) is 0.618. The molecule has 2 heterocycles. The van der Waals surface area contributed by atoms with E-state index in [1.165, 1.54) is 0 Å². The number of piperazine rings is 1. The molecule has 1 fully saturated rings. The van der Waals surface area contributed by atoms with Crippen LogP contribution in [0.4, 0.5) is 5.69 Å². The van der Waals surface area contributed by atoms with Crippen molar-refractivity contribution < 1.29 is 9.53 Å². The van der Waals surface area contributed by atoms with E-state index in [1.54, 1.807) is 12.0 Å². The van der Waals surface area contributed by atoms with Crippen LogP contribution in [0, 0.1) is 0 Å². The molecule has 3 rings (SSSR count). The van der Waals surface area contributed by atoms with E-state index in [0.29, 0.717) is 0 Å². The summed E-state index contributed by atoms with van der Waals surface area (Å²) in [7, 11) is 3.47. The second-order valence-electron chi connectivity index (χ2n) is 4.98. The van der Waals surface area contributed by atoms with Crippen molar-refractivity contribution in [1.82, 2.24) is 10.2 Å². The van der Waals surface area contributed by atoms with E-state index in [4.69, 9.17) is 4.74 Å². The molecule has 0 bridgehead atoms. The first-order valence-corrected chi connectivity index (χ1v) is 6.63. The lowest BCUT2D eigenvalue weighted by atomic mass is 10.1. The fourth-order valence-electron chi connectivity index (χ4n) is 3.00. The molecule has 2 aliphatic rings. The Morgan fingerprint density at radius 3 is 2.74 bits per heavy atom. The van der Waals surface area contributed by atoms with Gasteiger partial charge in [-0.2, -0.15) is 0 Å². The Kier molecular flexibility index (Phi) is 3.16. The highest BCUT2D eigenvalue weighted by Crippen LogP contribution is 2.43. The van der Waals surface area contributed by atoms with Crippen LogP contribution in [0.3, 0.4) is 0 Å². The van der Waals surface area contributed by atoms with Gasteiger partial charge in [0.05, 0.1) is 12.8 Å². The number of ether oxygens (including phenoxy) is 1. The Balaban J connectivity index is 2.02. The second kappa shape index (κ2) is 4.83. The maximum Gasteiger partial charge on any atom is 0.248 e. The average Bonchev–Trinajstić information content (AvgIpc) is 2.72. The van der Waals surface area contributed by atoms with Gasteiger partial charge >= 0.3 is 0 Å². The van der Waals surface area contributed by atoms with Crippen molar-refractivity contribution in [3.63, 3.8) is 0 Å². The molecule has 102 valence electrons. The fourth-order valence-corrected chi connectivity index (χ4v) is 3.00. The van der Waals surface area contributed by atoms with Gasteiger partial charge in [0.25, 0.3) is 0 Å². The number of methoxy groups -OCH3 is 1. The lowest BCUT2D eigenvalue weighted by molar-refractivity contribution is -0.123. The van der Waals surface area contributed by atoms with Crippen molar-refractivity contribution in [1.29, 1.82) is 0 Å². The normalized spacial score (nSPS) is 23.6. The zero-order valence-electron chi connectivity index (χ0n) is 11.3. The number of carbonyl (C=O) groups excluding carboxylic acids is 1. The maximum atomic E-state index is 12.5. The number of nitrogens with zero attached hydrogens (tertiary/aromatic N) is 2. The van der Waals surface area contributed by atoms with Gasteiger partial charge in [0.1, 0.15) is 11.8 Å². The zero-order chi connectivity index (χ0) is 13.4. The average molecular weight is 261 g/mol. The molecule has 5 heteroatoms. The molecule has 0 spiro atoms. The summed E-state index contributed by atoms with van der Waals surface area (Å²) in [5, 5.41) is 3.32. The van der Waals surface area contributed by atoms with Gasteiger partial charge in [-0.3, -0.25) is 9.69 Å². The van der Waals surface area contributed by atoms with Crippen molar-refractivity contribution in [2.75, 3.05) is 45.2 Å². The molecular weight excluding hydrogens is 242 g/mol. The van der Waals surface area contributed by atoms with Crippen molar-refractivity contribution in [3.8, 4) is 5.75 Å². The Bertz CT molecular complexity index is 497. The molecule has 0 aromatic heterocycles. The molecule has 0 saturated carbocycles. The molecule has 1 aromatic carbocycles. The lowest BCUT2D eigenvalue weighted by Gasteiger charge is -2.31. The number of nitrogens with one attached hydrogen (secondary N) is 1. The number of hydrogen-bond donors (Lipinski definition) is 1. The summed E-state index contributed by atoms with van der Waals surface area (Å²) in [5.41, 5.74) is 1.98. The second-order valence-corrected chi connectivity index (χ2v) is 4.98. The first-order chi connectivity index (χ1) is 9.24. The molecule has 1 N–H and O–H groups in total. The van der Waals surface area contributed by atoms with Crippen LogP contribution in [0.2, 0.25) is 0 Å². The van der Waals surface area contributed by atoms with Crippen LogP contribution in [-0.2, 0) is 4.79 Å². The Morgan fingerprint density at radius 2 is 2.05 bits per heavy atom. The summed E-state index contributed by atoms with van der Waals surface area (Å²) >= 11 is 0. The number of amides is 1. The summed E-state index contributed by atoms with van der Waals surface area (Å²) in [6.07, 6.45) is 0. The number of likely N-dealkylation sites (N-methyl/N-ethyl adjacent to an activating group) is 1. The minimum atomic E-state index is -0.155. The smallest absolute Gasteiger partial charge is 0.248 e. The van der Waals surface area contributed by atoms with Crippen LogP contribution >= 0.6 is 0 Å². The summed E-state index contributed by atoms with van der Waals surface area (Å²) in [4.78, 5) is 16.5. The van der Waals surface area contributed by atoms with E-state index in [9.17, 15) is 4.79 Å². The van der Waals surface area contributed by atoms with Crippen molar-refractivity contribution in [3.05, 3.63) is 23.8 Å². The molecule has 19 heavy (non-hydrogen) atoms. The Morgan fingerprint density at radius 1 is 1.32 bits per heavy atom. The predicted molar refractivity (Wildman–Crippen MR) is 73.6 cm³/mol. The number of hydrogen-bond acceptors (Lipinski definition) is 4. The topological polar surface area (TPSA) is 44.8 Å². The number of anilines is 1. The van der Waals surface area contributed by atoms with Gasteiger partial charge in [-0.15, -0.1) is 0 Å². The number of benzene rings is 1. The van der Waals surface area contributed by atoms with Gasteiger partial charge in [0.2, 0.25) is 5.91 Å². The van der Waals surface area contributed by atoms with Crippen LogP contribution in [0.1, 0.15) is 11.6 Å². The van der Waals surface area contributed by atoms with Gasteiger partial charge in [0, 0.05) is 38.8 Å². The first kappa shape index (κ1) is 12.4. The van der Waals surface area contributed by atoms with E-state index in [-0.39, 0.29) is 11.9 Å². The molecular formula is C14H19N3O2. The molecule has 1 saturated heterocycles. The minimum Gasteiger partial charge on any atom is -0.495 e. The molecule has 1 atom stereocenters. The third-order valence-electron chi connectivity index (χ3n) is 3.96. The summed E-state index contributed by atoms with van der Waals surface area (Å²) < 4.78 is 5.39. The van der Waals surface area contributed by atoms with Gasteiger partial charge in [0.15, 0.2) is 0 Å². The quantitative estimate of drug-likeness (QED) is 0.847. The molecule has 0 aliphatic carbocycles. The Hall–Kier alpha value is -1.59. The number of carbonyl (C=O) groups is 1. The highest BCUT2D eigenvalue weighted by Gasteiger charge is 2.40. The third-order valence-corrected chi connectivity index (χ3v) is 3.96. The number of para-hydroxylation sites is 1.